The number of esters is 1. The fourth-order valence-corrected chi connectivity index (χ4v) is 2.65. The summed E-state index contributed by atoms with van der Waals surface area (Å²) in [6.07, 6.45) is 0.990. The van der Waals surface area contributed by atoms with Gasteiger partial charge in [0.1, 0.15) is 17.9 Å². The van der Waals surface area contributed by atoms with Crippen molar-refractivity contribution in [2.75, 3.05) is 12.8 Å². The highest BCUT2D eigenvalue weighted by Crippen LogP contribution is 2.23. The van der Waals surface area contributed by atoms with Crippen LogP contribution in [0.2, 0.25) is 0 Å². The number of carbonyl (C=O) groups excluding carboxylic acids is 1. The fraction of sp³-hybridized carbons (Fsp3) is 0.267. The topological polar surface area (TPSA) is 61.5 Å². The average molecular weight is 291 g/mol. The minimum Gasteiger partial charge on any atom is -0.496 e. The maximum Gasteiger partial charge on any atom is 0.342 e. The lowest BCUT2D eigenvalue weighted by molar-refractivity contribution is 0.0473. The molecule has 20 heavy (non-hydrogen) atoms. The number of aryl methyl sites for hydroxylation is 1. The van der Waals surface area contributed by atoms with Crippen LogP contribution in [0.25, 0.3) is 0 Å². The molecule has 1 heterocycles. The van der Waals surface area contributed by atoms with Gasteiger partial charge in [0.2, 0.25) is 0 Å². The molecule has 1 aromatic heterocycles. The quantitative estimate of drug-likeness (QED) is 0.678. The van der Waals surface area contributed by atoms with E-state index in [1.807, 2.05) is 6.07 Å². The maximum atomic E-state index is 12.0. The Morgan fingerprint density at radius 3 is 2.65 bits per heavy atom. The number of benzene rings is 1. The van der Waals surface area contributed by atoms with Crippen LogP contribution in [0.1, 0.15) is 27.0 Å². The minimum absolute atomic E-state index is 0.275. The van der Waals surface area contributed by atoms with E-state index in [0.717, 1.165) is 11.3 Å². The number of anilines is 1. The molecule has 0 amide bonds. The minimum atomic E-state index is -0.409. The monoisotopic (exact) mass is 291 g/mol. The first kappa shape index (κ1) is 14.4. The molecule has 0 spiro atoms. The number of hydrogen-bond acceptors (Lipinski definition) is 5. The van der Waals surface area contributed by atoms with Gasteiger partial charge in [0.05, 0.1) is 7.11 Å². The van der Waals surface area contributed by atoms with Crippen molar-refractivity contribution in [1.29, 1.82) is 0 Å². The molecule has 0 unspecified atom stereocenters. The van der Waals surface area contributed by atoms with Gasteiger partial charge < -0.3 is 15.2 Å². The first-order valence-electron chi connectivity index (χ1n) is 6.32. The molecule has 0 aliphatic heterocycles. The molecule has 0 aliphatic rings. The van der Waals surface area contributed by atoms with Crippen LogP contribution in [0.4, 0.5) is 5.69 Å². The van der Waals surface area contributed by atoms with E-state index in [1.165, 1.54) is 12.0 Å². The lowest BCUT2D eigenvalue weighted by atomic mass is 10.2. The zero-order valence-electron chi connectivity index (χ0n) is 11.5. The van der Waals surface area contributed by atoms with Gasteiger partial charge >= 0.3 is 5.97 Å². The van der Waals surface area contributed by atoms with Crippen molar-refractivity contribution in [3.8, 4) is 5.75 Å². The third-order valence-corrected chi connectivity index (χ3v) is 4.06. The van der Waals surface area contributed by atoms with Crippen LogP contribution in [0.15, 0.2) is 30.3 Å². The fourth-order valence-electron chi connectivity index (χ4n) is 1.78. The van der Waals surface area contributed by atoms with Crippen LogP contribution >= 0.6 is 11.3 Å². The van der Waals surface area contributed by atoms with Crippen molar-refractivity contribution in [3.63, 3.8) is 0 Å². The number of methoxy groups -OCH3 is 1. The summed E-state index contributed by atoms with van der Waals surface area (Å²) in [4.78, 5) is 14.4. The molecule has 0 radical (unpaired) electrons. The molecular weight excluding hydrogens is 274 g/mol. The summed E-state index contributed by atoms with van der Waals surface area (Å²) in [7, 11) is 1.50. The van der Waals surface area contributed by atoms with E-state index >= 15 is 0 Å². The summed E-state index contributed by atoms with van der Waals surface area (Å²) in [5, 5.41) is 0. The van der Waals surface area contributed by atoms with E-state index in [0.29, 0.717) is 17.0 Å². The molecule has 0 saturated heterocycles. The van der Waals surface area contributed by atoms with Gasteiger partial charge in [0.15, 0.2) is 0 Å². The second kappa shape index (κ2) is 6.43. The molecule has 0 saturated carbocycles. The number of thiophene rings is 1. The van der Waals surface area contributed by atoms with Crippen molar-refractivity contribution >= 4 is 23.0 Å². The van der Waals surface area contributed by atoms with Crippen LogP contribution in [0.5, 0.6) is 5.75 Å². The normalized spacial score (nSPS) is 10.3. The molecule has 106 valence electrons. The molecule has 2 aromatic rings. The molecule has 2 rings (SSSR count). The summed E-state index contributed by atoms with van der Waals surface area (Å²) in [6, 6.07) is 8.91. The van der Waals surface area contributed by atoms with E-state index < -0.39 is 5.97 Å². The Bertz CT molecular complexity index is 607. The van der Waals surface area contributed by atoms with Gasteiger partial charge in [-0.1, -0.05) is 6.92 Å². The van der Waals surface area contributed by atoms with Crippen LogP contribution in [0.3, 0.4) is 0 Å². The van der Waals surface area contributed by atoms with Gasteiger partial charge in [-0.3, -0.25) is 0 Å². The van der Waals surface area contributed by atoms with E-state index in [1.54, 1.807) is 29.5 Å². The smallest absolute Gasteiger partial charge is 0.342 e. The number of rotatable bonds is 5. The van der Waals surface area contributed by atoms with Gasteiger partial charge in [-0.2, -0.15) is 0 Å². The highest BCUT2D eigenvalue weighted by Gasteiger charge is 2.14. The number of ether oxygens (including phenoxy) is 2. The van der Waals surface area contributed by atoms with Crippen molar-refractivity contribution in [2.24, 2.45) is 0 Å². The molecule has 1 aromatic carbocycles. The molecule has 0 fully saturated rings. The van der Waals surface area contributed by atoms with E-state index in [-0.39, 0.29) is 6.61 Å². The van der Waals surface area contributed by atoms with Crippen molar-refractivity contribution in [1.82, 2.24) is 0 Å². The number of carbonyl (C=O) groups is 1. The Balaban J connectivity index is 2.04. The predicted molar refractivity (Wildman–Crippen MR) is 80.2 cm³/mol. The Kier molecular flexibility index (Phi) is 4.63. The molecular formula is C15H17NO3S. The first-order chi connectivity index (χ1) is 9.63. The van der Waals surface area contributed by atoms with Crippen molar-refractivity contribution in [3.05, 3.63) is 45.6 Å². The zero-order valence-corrected chi connectivity index (χ0v) is 12.3. The third-order valence-electron chi connectivity index (χ3n) is 2.86. The molecule has 0 aliphatic carbocycles. The van der Waals surface area contributed by atoms with E-state index in [9.17, 15) is 4.79 Å². The Morgan fingerprint density at radius 2 is 2.00 bits per heavy atom. The second-order valence-electron chi connectivity index (χ2n) is 4.26. The van der Waals surface area contributed by atoms with E-state index in [4.69, 9.17) is 15.2 Å². The van der Waals surface area contributed by atoms with Crippen molar-refractivity contribution in [2.45, 2.75) is 20.0 Å². The second-order valence-corrected chi connectivity index (χ2v) is 5.51. The van der Waals surface area contributed by atoms with Gasteiger partial charge in [0, 0.05) is 21.5 Å². The predicted octanol–water partition coefficient (Wildman–Crippen LogP) is 3.26. The Hall–Kier alpha value is -2.01. The standard InChI is InChI=1S/C15H17NO3S/c1-3-11-5-6-12(20-11)9-19-15(17)13-7-4-10(16)8-14(13)18-2/h4-8H,3,9,16H2,1-2H3. The number of nitrogens with two attached hydrogens (primary N) is 1. The summed E-state index contributed by atoms with van der Waals surface area (Å²) in [5.74, 6) is 0.0173. The molecule has 0 bridgehead atoms. The number of hydrogen-bond donors (Lipinski definition) is 1. The Labute approximate surface area is 122 Å². The summed E-state index contributed by atoms with van der Waals surface area (Å²) >= 11 is 1.65. The van der Waals surface area contributed by atoms with Crippen LogP contribution in [-0.4, -0.2) is 13.1 Å². The largest absolute Gasteiger partial charge is 0.496 e. The van der Waals surface area contributed by atoms with Gasteiger partial charge in [-0.25, -0.2) is 4.79 Å². The average Bonchev–Trinajstić information content (AvgIpc) is 2.92. The highest BCUT2D eigenvalue weighted by molar-refractivity contribution is 7.11. The third kappa shape index (κ3) is 3.30. The Morgan fingerprint density at radius 1 is 1.25 bits per heavy atom. The SMILES string of the molecule is CCc1ccc(COC(=O)c2ccc(N)cc2OC)s1. The van der Waals surface area contributed by atoms with Gasteiger partial charge in [0.25, 0.3) is 0 Å². The van der Waals surface area contributed by atoms with Crippen LogP contribution < -0.4 is 10.5 Å². The summed E-state index contributed by atoms with van der Waals surface area (Å²) in [5.41, 5.74) is 6.58. The summed E-state index contributed by atoms with van der Waals surface area (Å²) < 4.78 is 10.4. The molecule has 4 nitrogen and oxygen atoms in total. The van der Waals surface area contributed by atoms with Gasteiger partial charge in [-0.05, 0) is 30.7 Å². The zero-order chi connectivity index (χ0) is 14.5. The summed E-state index contributed by atoms with van der Waals surface area (Å²) in [6.45, 7) is 2.37. The van der Waals surface area contributed by atoms with Crippen LogP contribution in [-0.2, 0) is 17.8 Å². The van der Waals surface area contributed by atoms with E-state index in [2.05, 4.69) is 13.0 Å². The van der Waals surface area contributed by atoms with Crippen LogP contribution in [0, 0.1) is 0 Å². The lowest BCUT2D eigenvalue weighted by Crippen LogP contribution is -2.07. The number of nitrogen functional groups attached to an aromatic ring is 1. The first-order valence-corrected chi connectivity index (χ1v) is 7.14. The van der Waals surface area contributed by atoms with Crippen molar-refractivity contribution < 1.29 is 14.3 Å². The molecule has 2 N–H and O–H groups in total. The molecule has 0 atom stereocenters. The lowest BCUT2D eigenvalue weighted by Gasteiger charge is -2.08. The maximum absolute atomic E-state index is 12.0. The highest BCUT2D eigenvalue weighted by atomic mass is 32.1. The van der Waals surface area contributed by atoms with Gasteiger partial charge in [-0.15, -0.1) is 11.3 Å². The molecule has 5 heteroatoms.